The summed E-state index contributed by atoms with van der Waals surface area (Å²) in [7, 11) is -4.61. The minimum Gasteiger partial charge on any atom is -0.462 e. The fraction of sp³-hybridized carbons (Fsp3) is 0.745. The lowest BCUT2D eigenvalue weighted by Gasteiger charge is -2.40. The van der Waals surface area contributed by atoms with E-state index in [1.165, 1.54) is 57.8 Å². The van der Waals surface area contributed by atoms with Gasteiger partial charge in [0.15, 0.2) is 12.4 Å². The lowest BCUT2D eigenvalue weighted by atomic mass is 10.00. The zero-order chi connectivity index (χ0) is 44.1. The Labute approximate surface area is 362 Å². The molecule has 0 aromatic rings. The Morgan fingerprint density at radius 2 is 1.05 bits per heavy atom. The van der Waals surface area contributed by atoms with Crippen molar-refractivity contribution in [2.45, 2.75) is 205 Å². The molecule has 6 atom stereocenters. The molecule has 1 aliphatic rings. The number of hydrogen-bond acceptors (Lipinski definition) is 11. The molecule has 0 aromatic carbocycles. The molecule has 1 aliphatic heterocycles. The average Bonchev–Trinajstić information content (AvgIpc) is 3.21. The molecule has 346 valence electrons. The van der Waals surface area contributed by atoms with Gasteiger partial charge in [0.25, 0.3) is 10.1 Å². The lowest BCUT2D eigenvalue weighted by Crippen LogP contribution is -2.60. The smallest absolute Gasteiger partial charge is 0.306 e. The zero-order valence-electron chi connectivity index (χ0n) is 36.8. The van der Waals surface area contributed by atoms with Crippen molar-refractivity contribution in [3.05, 3.63) is 60.8 Å². The number of allylic oxidation sites excluding steroid dienone is 10. The van der Waals surface area contributed by atoms with Gasteiger partial charge < -0.3 is 34.3 Å². The summed E-state index contributed by atoms with van der Waals surface area (Å²) in [6, 6.07) is 0. The summed E-state index contributed by atoms with van der Waals surface area (Å²) in [6.45, 7) is 3.61. The molecule has 0 aliphatic carbocycles. The molecular weight excluding hydrogens is 789 g/mol. The molecule has 1 heterocycles. The van der Waals surface area contributed by atoms with Crippen LogP contribution in [0.1, 0.15) is 168 Å². The average molecular weight is 869 g/mol. The highest BCUT2D eigenvalue weighted by Gasteiger charge is 2.46. The minimum atomic E-state index is -4.61. The third kappa shape index (κ3) is 31.2. The summed E-state index contributed by atoms with van der Waals surface area (Å²) >= 11 is 0. The van der Waals surface area contributed by atoms with Crippen LogP contribution in [-0.2, 0) is 38.7 Å². The summed E-state index contributed by atoms with van der Waals surface area (Å²) in [5, 5.41) is 30.9. The second-order valence-electron chi connectivity index (χ2n) is 15.7. The number of rotatable bonds is 37. The summed E-state index contributed by atoms with van der Waals surface area (Å²) in [5.41, 5.74) is 0. The van der Waals surface area contributed by atoms with Crippen LogP contribution in [0, 0.1) is 0 Å². The van der Waals surface area contributed by atoms with Crippen LogP contribution < -0.4 is 0 Å². The van der Waals surface area contributed by atoms with Crippen LogP contribution in [0.25, 0.3) is 0 Å². The summed E-state index contributed by atoms with van der Waals surface area (Å²) < 4.78 is 54.0. The Morgan fingerprint density at radius 1 is 0.583 bits per heavy atom. The van der Waals surface area contributed by atoms with E-state index in [1.807, 2.05) is 0 Å². The van der Waals surface area contributed by atoms with Gasteiger partial charge in [-0.2, -0.15) is 8.42 Å². The van der Waals surface area contributed by atoms with Crippen LogP contribution in [0.3, 0.4) is 0 Å². The number of carbonyl (C=O) groups excluding carboxylic acids is 2. The first kappa shape index (κ1) is 55.4. The predicted molar refractivity (Wildman–Crippen MR) is 238 cm³/mol. The Hall–Kier alpha value is -2.65. The van der Waals surface area contributed by atoms with Gasteiger partial charge >= 0.3 is 11.9 Å². The van der Waals surface area contributed by atoms with E-state index < -0.39 is 71.2 Å². The quantitative estimate of drug-likeness (QED) is 0.0201. The van der Waals surface area contributed by atoms with Crippen molar-refractivity contribution in [1.82, 2.24) is 0 Å². The molecule has 6 unspecified atom stereocenters. The van der Waals surface area contributed by atoms with Crippen LogP contribution in [0.2, 0.25) is 0 Å². The Morgan fingerprint density at radius 3 is 1.57 bits per heavy atom. The normalized spacial score (nSPS) is 20.7. The summed E-state index contributed by atoms with van der Waals surface area (Å²) in [6.07, 6.45) is 35.5. The highest BCUT2D eigenvalue weighted by Crippen LogP contribution is 2.24. The van der Waals surface area contributed by atoms with E-state index in [9.17, 15) is 37.9 Å². The molecule has 1 fully saturated rings. The maximum absolute atomic E-state index is 12.8. The number of ether oxygens (including phenoxy) is 4. The highest BCUT2D eigenvalue weighted by atomic mass is 32.2. The third-order valence-corrected chi connectivity index (χ3v) is 10.9. The molecule has 12 nitrogen and oxygen atoms in total. The number of aliphatic hydroxyl groups excluding tert-OH is 3. The van der Waals surface area contributed by atoms with E-state index in [2.05, 4.69) is 74.6 Å². The van der Waals surface area contributed by atoms with Crippen molar-refractivity contribution in [2.24, 2.45) is 0 Å². The maximum atomic E-state index is 12.8. The molecule has 1 saturated heterocycles. The van der Waals surface area contributed by atoms with E-state index in [1.54, 1.807) is 0 Å². The van der Waals surface area contributed by atoms with Gasteiger partial charge in [-0.15, -0.1) is 0 Å². The molecule has 0 radical (unpaired) electrons. The van der Waals surface area contributed by atoms with Gasteiger partial charge in [0, 0.05) is 12.8 Å². The largest absolute Gasteiger partial charge is 0.462 e. The number of esters is 2. The second kappa shape index (κ2) is 37.0. The zero-order valence-corrected chi connectivity index (χ0v) is 37.6. The van der Waals surface area contributed by atoms with Gasteiger partial charge in [0.1, 0.15) is 36.8 Å². The van der Waals surface area contributed by atoms with E-state index in [0.29, 0.717) is 12.8 Å². The van der Waals surface area contributed by atoms with Gasteiger partial charge in [0.2, 0.25) is 0 Å². The molecule has 60 heavy (non-hydrogen) atoms. The number of hydrogen-bond donors (Lipinski definition) is 4. The molecule has 13 heteroatoms. The fourth-order valence-electron chi connectivity index (χ4n) is 6.58. The van der Waals surface area contributed by atoms with Crippen LogP contribution in [-0.4, -0.2) is 96.0 Å². The molecule has 0 aromatic heterocycles. The first-order valence-electron chi connectivity index (χ1n) is 22.8. The van der Waals surface area contributed by atoms with Gasteiger partial charge in [-0.05, 0) is 57.8 Å². The van der Waals surface area contributed by atoms with E-state index >= 15 is 0 Å². The number of carbonyl (C=O) groups is 2. The molecule has 0 saturated carbocycles. The van der Waals surface area contributed by atoms with Gasteiger partial charge in [-0.3, -0.25) is 14.1 Å². The summed E-state index contributed by atoms with van der Waals surface area (Å²) in [5.74, 6) is -2.03. The first-order valence-corrected chi connectivity index (χ1v) is 24.5. The predicted octanol–water partition coefficient (Wildman–Crippen LogP) is 9.34. The minimum absolute atomic E-state index is 0.124. The Bertz CT molecular complexity index is 1340. The van der Waals surface area contributed by atoms with Crippen LogP contribution >= 0.6 is 0 Å². The molecular formula is C47H80O12S. The second-order valence-corrected chi connectivity index (χ2v) is 17.2. The number of aliphatic hydroxyl groups is 3. The molecule has 0 bridgehead atoms. The maximum Gasteiger partial charge on any atom is 0.306 e. The fourth-order valence-corrected chi connectivity index (χ4v) is 7.28. The number of unbranched alkanes of at least 4 members (excludes halogenated alkanes) is 15. The van der Waals surface area contributed by atoms with Crippen molar-refractivity contribution in [2.75, 3.05) is 19.0 Å². The van der Waals surface area contributed by atoms with Crippen LogP contribution in [0.5, 0.6) is 0 Å². The van der Waals surface area contributed by atoms with Crippen molar-refractivity contribution >= 4 is 22.1 Å². The third-order valence-electron chi connectivity index (χ3n) is 10.1. The van der Waals surface area contributed by atoms with Crippen molar-refractivity contribution in [1.29, 1.82) is 0 Å². The first-order chi connectivity index (χ1) is 29.0. The molecule has 0 amide bonds. The van der Waals surface area contributed by atoms with Crippen LogP contribution in [0.4, 0.5) is 0 Å². The van der Waals surface area contributed by atoms with Crippen molar-refractivity contribution in [3.63, 3.8) is 0 Å². The van der Waals surface area contributed by atoms with Crippen molar-refractivity contribution < 1.29 is 56.8 Å². The molecule has 0 spiro atoms. The van der Waals surface area contributed by atoms with Crippen molar-refractivity contribution in [3.8, 4) is 0 Å². The molecule has 1 rings (SSSR count). The van der Waals surface area contributed by atoms with E-state index in [0.717, 1.165) is 70.6 Å². The Balaban J connectivity index is 2.47. The van der Waals surface area contributed by atoms with Gasteiger partial charge in [-0.25, -0.2) is 0 Å². The van der Waals surface area contributed by atoms with Gasteiger partial charge in [0.05, 0.1) is 6.61 Å². The lowest BCUT2D eigenvalue weighted by molar-refractivity contribution is -0.297. The highest BCUT2D eigenvalue weighted by molar-refractivity contribution is 7.85. The van der Waals surface area contributed by atoms with E-state index in [4.69, 9.17) is 18.9 Å². The topological polar surface area (TPSA) is 186 Å². The van der Waals surface area contributed by atoms with E-state index in [-0.39, 0.29) is 19.4 Å². The summed E-state index contributed by atoms with van der Waals surface area (Å²) in [4.78, 5) is 25.4. The SMILES string of the molecule is CC/C=C\C/C=C\C/C=C\C/C=C\C/C=C\CCCCCC(=O)OC(COC(=O)CCCCCCCCCCCCCCC)COC1OC(CS(=O)(=O)O)C(O)C(O)C1O. The monoisotopic (exact) mass is 869 g/mol. The Kier molecular flexibility index (Phi) is 34.1. The van der Waals surface area contributed by atoms with Crippen LogP contribution in [0.15, 0.2) is 60.8 Å². The molecule has 4 N–H and O–H groups in total. The van der Waals surface area contributed by atoms with Gasteiger partial charge in [-0.1, -0.05) is 158 Å². The standard InChI is InChI=1S/C47H80O12S/c1-3-5-7-9-11-13-15-17-18-19-20-21-22-24-26-28-30-32-34-36-43(49)58-40(38-57-47-46(52)45(51)44(50)41(59-47)39-60(53,54)55)37-56-42(48)35-33-31-29-27-25-23-16-14-12-10-8-6-4-2/h5,7,11,13,17-18,20-21,24,26,40-41,44-47,50-52H,3-4,6,8-10,12,14-16,19,22-23,25,27-39H2,1-2H3,(H,53,54,55)/b7-5-,13-11-,18-17-,21-20-,26-24-.